The molecule has 0 aliphatic carbocycles. The van der Waals surface area contributed by atoms with Gasteiger partial charge in [-0.05, 0) is 32.9 Å². The number of sulfonamides is 1. The molecule has 0 saturated heterocycles. The zero-order chi connectivity index (χ0) is 15.7. The first-order chi connectivity index (χ1) is 8.99. The Balaban J connectivity index is 3.35. The Kier molecular flexibility index (Phi) is 4.78. The fraction of sp³-hybridized carbons (Fsp3) is 0.538. The third kappa shape index (κ3) is 3.68. The molecule has 0 spiro atoms. The number of hydrogen-bond acceptors (Lipinski definition) is 4. The molecule has 0 atom stereocenters. The van der Waals surface area contributed by atoms with Gasteiger partial charge in [-0.15, -0.1) is 0 Å². The van der Waals surface area contributed by atoms with E-state index >= 15 is 0 Å². The Morgan fingerprint density at radius 1 is 1.40 bits per heavy atom. The molecule has 0 bridgehead atoms. The van der Waals surface area contributed by atoms with Crippen LogP contribution in [0.25, 0.3) is 0 Å². The highest BCUT2D eigenvalue weighted by Gasteiger charge is 2.30. The molecule has 0 aliphatic rings. The summed E-state index contributed by atoms with van der Waals surface area (Å²) in [6.45, 7) is 6.15. The van der Waals surface area contributed by atoms with Crippen molar-refractivity contribution in [2.75, 3.05) is 18.8 Å². The van der Waals surface area contributed by atoms with Crippen molar-refractivity contribution >= 4 is 15.7 Å². The molecular weight excluding hydrogens is 283 g/mol. The molecule has 0 amide bonds. The fourth-order valence-electron chi connectivity index (χ4n) is 1.88. The van der Waals surface area contributed by atoms with Gasteiger partial charge in [0.15, 0.2) is 0 Å². The number of likely N-dealkylation sites (N-methyl/N-ethyl adjacent to an activating group) is 1. The van der Waals surface area contributed by atoms with Gasteiger partial charge in [0, 0.05) is 24.3 Å². The largest absolute Gasteiger partial charge is 0.399 e. The van der Waals surface area contributed by atoms with Crippen molar-refractivity contribution in [2.24, 2.45) is 0 Å². The van der Waals surface area contributed by atoms with Crippen LogP contribution in [0.5, 0.6) is 0 Å². The molecule has 5 nitrogen and oxygen atoms in total. The van der Waals surface area contributed by atoms with Gasteiger partial charge < -0.3 is 10.8 Å². The summed E-state index contributed by atoms with van der Waals surface area (Å²) < 4.78 is 39.9. The number of rotatable bonds is 5. The lowest BCUT2D eigenvalue weighted by Crippen LogP contribution is -2.42. The SMILES string of the molecule is CCN(CC(C)(C)O)S(=O)(=O)c1cc(N)cc(F)c1C. The number of aliphatic hydroxyl groups is 1. The molecule has 1 aromatic rings. The quantitative estimate of drug-likeness (QED) is 0.807. The van der Waals surface area contributed by atoms with Gasteiger partial charge in [-0.25, -0.2) is 12.8 Å². The average Bonchev–Trinajstić information content (AvgIpc) is 2.29. The summed E-state index contributed by atoms with van der Waals surface area (Å²) in [7, 11) is -3.91. The number of benzene rings is 1. The van der Waals surface area contributed by atoms with Crippen LogP contribution in [0, 0.1) is 12.7 Å². The number of anilines is 1. The van der Waals surface area contributed by atoms with E-state index in [1.54, 1.807) is 6.92 Å². The van der Waals surface area contributed by atoms with Crippen LogP contribution in [0.2, 0.25) is 0 Å². The van der Waals surface area contributed by atoms with Crippen molar-refractivity contribution in [3.63, 3.8) is 0 Å². The summed E-state index contributed by atoms with van der Waals surface area (Å²) in [5.41, 5.74) is 4.41. The summed E-state index contributed by atoms with van der Waals surface area (Å²) in [4.78, 5) is -0.166. The van der Waals surface area contributed by atoms with Gasteiger partial charge in [-0.3, -0.25) is 0 Å². The lowest BCUT2D eigenvalue weighted by Gasteiger charge is -2.28. The van der Waals surface area contributed by atoms with Gasteiger partial charge in [0.25, 0.3) is 0 Å². The monoisotopic (exact) mass is 304 g/mol. The van der Waals surface area contributed by atoms with E-state index in [0.29, 0.717) is 0 Å². The van der Waals surface area contributed by atoms with Crippen LogP contribution in [-0.4, -0.2) is 36.5 Å². The van der Waals surface area contributed by atoms with Gasteiger partial charge in [-0.1, -0.05) is 6.92 Å². The van der Waals surface area contributed by atoms with Crippen LogP contribution in [-0.2, 0) is 10.0 Å². The maximum Gasteiger partial charge on any atom is 0.243 e. The fourth-order valence-corrected chi connectivity index (χ4v) is 3.75. The lowest BCUT2D eigenvalue weighted by atomic mass is 10.1. The minimum atomic E-state index is -3.91. The Morgan fingerprint density at radius 3 is 2.40 bits per heavy atom. The van der Waals surface area contributed by atoms with Crippen molar-refractivity contribution in [3.05, 3.63) is 23.5 Å². The molecule has 1 aromatic carbocycles. The van der Waals surface area contributed by atoms with Crippen molar-refractivity contribution < 1.29 is 17.9 Å². The van der Waals surface area contributed by atoms with E-state index in [1.807, 2.05) is 0 Å². The summed E-state index contributed by atoms with van der Waals surface area (Å²) in [5.74, 6) is -0.664. The van der Waals surface area contributed by atoms with Crippen molar-refractivity contribution in [3.8, 4) is 0 Å². The molecule has 0 unspecified atom stereocenters. The first-order valence-corrected chi connectivity index (χ1v) is 7.71. The van der Waals surface area contributed by atoms with Gasteiger partial charge in [0.05, 0.1) is 10.5 Å². The predicted molar refractivity (Wildman–Crippen MR) is 76.3 cm³/mol. The molecule has 114 valence electrons. The van der Waals surface area contributed by atoms with E-state index < -0.39 is 21.4 Å². The van der Waals surface area contributed by atoms with Crippen LogP contribution < -0.4 is 5.73 Å². The van der Waals surface area contributed by atoms with Gasteiger partial charge >= 0.3 is 0 Å². The molecule has 7 heteroatoms. The highest BCUT2D eigenvalue weighted by molar-refractivity contribution is 7.89. The summed E-state index contributed by atoms with van der Waals surface area (Å²) >= 11 is 0. The molecule has 1 rings (SSSR count). The predicted octanol–water partition coefficient (Wildman–Crippen LogP) is 1.50. The smallest absolute Gasteiger partial charge is 0.243 e. The Morgan fingerprint density at radius 2 is 1.95 bits per heavy atom. The zero-order valence-electron chi connectivity index (χ0n) is 12.1. The minimum Gasteiger partial charge on any atom is -0.399 e. The highest BCUT2D eigenvalue weighted by atomic mass is 32.2. The number of nitrogens with two attached hydrogens (primary N) is 1. The maximum absolute atomic E-state index is 13.7. The van der Waals surface area contributed by atoms with E-state index in [-0.39, 0.29) is 29.2 Å². The maximum atomic E-state index is 13.7. The Hall–Kier alpha value is -1.18. The molecule has 0 heterocycles. The summed E-state index contributed by atoms with van der Waals surface area (Å²) in [6.07, 6.45) is 0. The van der Waals surface area contributed by atoms with E-state index in [9.17, 15) is 17.9 Å². The Bertz CT molecular complexity index is 594. The van der Waals surface area contributed by atoms with Crippen molar-refractivity contribution in [1.82, 2.24) is 4.31 Å². The molecule has 0 aliphatic heterocycles. The van der Waals surface area contributed by atoms with Crippen molar-refractivity contribution in [2.45, 2.75) is 38.2 Å². The van der Waals surface area contributed by atoms with Gasteiger partial charge in [0.2, 0.25) is 10.0 Å². The first kappa shape index (κ1) is 16.9. The van der Waals surface area contributed by atoms with Crippen molar-refractivity contribution in [1.29, 1.82) is 0 Å². The normalized spacial score (nSPS) is 12.9. The Labute approximate surface area is 119 Å². The zero-order valence-corrected chi connectivity index (χ0v) is 13.0. The number of nitrogen functional groups attached to an aromatic ring is 1. The molecular formula is C13H21FN2O3S. The van der Waals surface area contributed by atoms with Crippen LogP contribution in [0.1, 0.15) is 26.3 Å². The van der Waals surface area contributed by atoms with Gasteiger partial charge in [-0.2, -0.15) is 4.31 Å². The molecule has 0 aromatic heterocycles. The average molecular weight is 304 g/mol. The van der Waals surface area contributed by atoms with Crippen LogP contribution in [0.4, 0.5) is 10.1 Å². The second-order valence-electron chi connectivity index (χ2n) is 5.37. The molecule has 0 radical (unpaired) electrons. The first-order valence-electron chi connectivity index (χ1n) is 6.27. The van der Waals surface area contributed by atoms with Gasteiger partial charge in [0.1, 0.15) is 5.82 Å². The third-order valence-electron chi connectivity index (χ3n) is 2.85. The highest BCUT2D eigenvalue weighted by Crippen LogP contribution is 2.25. The number of halogens is 1. The third-order valence-corrected chi connectivity index (χ3v) is 4.90. The van der Waals surface area contributed by atoms with E-state index in [2.05, 4.69) is 0 Å². The van der Waals surface area contributed by atoms with Crippen LogP contribution in [0.15, 0.2) is 17.0 Å². The molecule has 0 fully saturated rings. The topological polar surface area (TPSA) is 83.6 Å². The summed E-state index contributed by atoms with van der Waals surface area (Å²) in [5, 5.41) is 9.80. The molecule has 20 heavy (non-hydrogen) atoms. The van der Waals surface area contributed by atoms with Crippen LogP contribution in [0.3, 0.4) is 0 Å². The van der Waals surface area contributed by atoms with E-state index in [0.717, 1.165) is 10.4 Å². The number of nitrogens with zero attached hydrogens (tertiary/aromatic N) is 1. The molecule has 0 saturated carbocycles. The second-order valence-corrected chi connectivity index (χ2v) is 7.28. The lowest BCUT2D eigenvalue weighted by molar-refractivity contribution is 0.0601. The van der Waals surface area contributed by atoms with E-state index in [1.165, 1.54) is 26.8 Å². The summed E-state index contributed by atoms with van der Waals surface area (Å²) in [6, 6.07) is 2.32. The molecule has 3 N–H and O–H groups in total. The minimum absolute atomic E-state index is 0.0217. The van der Waals surface area contributed by atoms with Crippen LogP contribution >= 0.6 is 0 Å². The standard InChI is InChI=1S/C13H21FN2O3S/c1-5-16(8-13(3,4)17)20(18,19)12-7-10(15)6-11(14)9(12)2/h6-7,17H,5,8,15H2,1-4H3. The second kappa shape index (κ2) is 5.67. The van der Waals surface area contributed by atoms with E-state index in [4.69, 9.17) is 5.73 Å². The number of hydrogen-bond donors (Lipinski definition) is 2.